The minimum absolute atomic E-state index is 0.0248. The van der Waals surface area contributed by atoms with Crippen LogP contribution >= 0.6 is 39.3 Å². The fraction of sp³-hybridized carbons (Fsp3) is 0.118. The third kappa shape index (κ3) is 4.70. The van der Waals surface area contributed by atoms with Crippen molar-refractivity contribution in [3.63, 3.8) is 0 Å². The molecule has 11 heteroatoms. The zero-order valence-corrected chi connectivity index (χ0v) is 17.6. The van der Waals surface area contributed by atoms with E-state index in [0.29, 0.717) is 31.7 Å². The van der Waals surface area contributed by atoms with Crippen molar-refractivity contribution < 1.29 is 9.72 Å². The van der Waals surface area contributed by atoms with E-state index in [-0.39, 0.29) is 17.3 Å². The van der Waals surface area contributed by atoms with E-state index >= 15 is 0 Å². The van der Waals surface area contributed by atoms with Crippen molar-refractivity contribution in [1.29, 1.82) is 0 Å². The highest BCUT2D eigenvalue weighted by Gasteiger charge is 2.15. The van der Waals surface area contributed by atoms with Crippen molar-refractivity contribution in [2.24, 2.45) is 7.05 Å². The first-order valence-electron chi connectivity index (χ1n) is 7.87. The first kappa shape index (κ1) is 20.3. The fourth-order valence-electron chi connectivity index (χ4n) is 2.35. The molecule has 1 aromatic heterocycles. The molecule has 1 amide bonds. The summed E-state index contributed by atoms with van der Waals surface area (Å²) in [6, 6.07) is 11.3. The van der Waals surface area contributed by atoms with Crippen molar-refractivity contribution in [2.75, 3.05) is 11.1 Å². The molecule has 0 saturated heterocycles. The third-order valence-electron chi connectivity index (χ3n) is 3.69. The Bertz CT molecular complexity index is 1060. The molecule has 0 spiro atoms. The largest absolute Gasteiger partial charge is 0.325 e. The Morgan fingerprint density at radius 3 is 2.82 bits per heavy atom. The van der Waals surface area contributed by atoms with Crippen molar-refractivity contribution in [1.82, 2.24) is 14.8 Å². The van der Waals surface area contributed by atoms with Gasteiger partial charge in [-0.1, -0.05) is 35.5 Å². The van der Waals surface area contributed by atoms with E-state index in [1.807, 2.05) is 0 Å². The fourth-order valence-corrected chi connectivity index (χ4v) is 3.56. The number of aromatic nitrogens is 3. The average Bonchev–Trinajstić information content (AvgIpc) is 3.03. The van der Waals surface area contributed by atoms with Gasteiger partial charge in [-0.15, -0.1) is 10.2 Å². The van der Waals surface area contributed by atoms with E-state index in [2.05, 4.69) is 31.4 Å². The number of nitro benzene ring substituents is 1. The molecule has 28 heavy (non-hydrogen) atoms. The smallest absolute Gasteiger partial charge is 0.270 e. The SMILES string of the molecule is Cn1c(SCC(=O)Nc2ccc(Cl)c(Br)c2)nnc1-c1cccc([N+](=O)[O-])c1. The molecule has 0 radical (unpaired) electrons. The van der Waals surface area contributed by atoms with Crippen LogP contribution in [0.4, 0.5) is 11.4 Å². The van der Waals surface area contributed by atoms with Crippen LogP contribution in [-0.4, -0.2) is 31.3 Å². The molecule has 1 heterocycles. The molecule has 2 aromatic carbocycles. The summed E-state index contributed by atoms with van der Waals surface area (Å²) < 4.78 is 2.38. The number of nitrogens with zero attached hydrogens (tertiary/aromatic N) is 4. The maximum Gasteiger partial charge on any atom is 0.270 e. The van der Waals surface area contributed by atoms with Gasteiger partial charge in [-0.25, -0.2) is 0 Å². The number of nitrogens with one attached hydrogen (secondary N) is 1. The number of hydrogen-bond donors (Lipinski definition) is 1. The number of thioether (sulfide) groups is 1. The minimum Gasteiger partial charge on any atom is -0.325 e. The molecule has 0 saturated carbocycles. The highest BCUT2D eigenvalue weighted by molar-refractivity contribution is 9.10. The number of nitro groups is 1. The monoisotopic (exact) mass is 481 g/mol. The van der Waals surface area contributed by atoms with Crippen LogP contribution in [0.25, 0.3) is 11.4 Å². The second-order valence-electron chi connectivity index (χ2n) is 5.64. The predicted molar refractivity (Wildman–Crippen MR) is 112 cm³/mol. The van der Waals surface area contributed by atoms with Crippen LogP contribution in [-0.2, 0) is 11.8 Å². The van der Waals surface area contributed by atoms with Gasteiger partial charge < -0.3 is 9.88 Å². The molecule has 3 aromatic rings. The van der Waals surface area contributed by atoms with Crippen molar-refractivity contribution in [3.05, 3.63) is 62.1 Å². The van der Waals surface area contributed by atoms with Gasteiger partial charge in [0, 0.05) is 34.9 Å². The first-order valence-corrected chi connectivity index (χ1v) is 10.0. The number of amides is 1. The Hall–Kier alpha value is -2.43. The van der Waals surface area contributed by atoms with Gasteiger partial charge in [0.2, 0.25) is 5.91 Å². The Balaban J connectivity index is 1.67. The van der Waals surface area contributed by atoms with E-state index in [0.717, 1.165) is 0 Å². The van der Waals surface area contributed by atoms with Crippen LogP contribution in [0, 0.1) is 10.1 Å². The summed E-state index contributed by atoms with van der Waals surface area (Å²) in [5.74, 6) is 0.397. The van der Waals surface area contributed by atoms with E-state index < -0.39 is 4.92 Å². The Morgan fingerprint density at radius 1 is 1.32 bits per heavy atom. The number of carbonyl (C=O) groups excluding carboxylic acids is 1. The molecule has 8 nitrogen and oxygen atoms in total. The van der Waals surface area contributed by atoms with Crippen LogP contribution in [0.2, 0.25) is 5.02 Å². The molecule has 0 atom stereocenters. The topological polar surface area (TPSA) is 103 Å². The maximum absolute atomic E-state index is 12.2. The van der Waals surface area contributed by atoms with Crippen molar-refractivity contribution >= 4 is 56.6 Å². The second-order valence-corrected chi connectivity index (χ2v) is 7.84. The molecular weight excluding hydrogens is 470 g/mol. The quantitative estimate of drug-likeness (QED) is 0.314. The summed E-state index contributed by atoms with van der Waals surface area (Å²) in [4.78, 5) is 22.7. The summed E-state index contributed by atoms with van der Waals surface area (Å²) in [7, 11) is 1.74. The minimum atomic E-state index is -0.463. The van der Waals surface area contributed by atoms with Crippen LogP contribution in [0.3, 0.4) is 0 Å². The molecular formula is C17H13BrClN5O3S. The van der Waals surface area contributed by atoms with E-state index in [1.54, 1.807) is 41.9 Å². The molecule has 3 rings (SSSR count). The molecule has 144 valence electrons. The van der Waals surface area contributed by atoms with Gasteiger partial charge in [0.1, 0.15) is 0 Å². The lowest BCUT2D eigenvalue weighted by atomic mass is 10.2. The number of carbonyl (C=O) groups is 1. The summed E-state index contributed by atoms with van der Waals surface area (Å²) in [6.45, 7) is 0. The van der Waals surface area contributed by atoms with Gasteiger partial charge in [0.05, 0.1) is 15.7 Å². The van der Waals surface area contributed by atoms with Crippen LogP contribution in [0.1, 0.15) is 0 Å². The standard InChI is InChI=1S/C17H13BrClN5O3S/c1-23-16(10-3-2-4-12(7-10)24(26)27)21-22-17(23)28-9-15(25)20-11-5-6-14(19)13(18)8-11/h2-8H,9H2,1H3,(H,20,25). The second kappa shape index (κ2) is 8.72. The molecule has 1 N–H and O–H groups in total. The van der Waals surface area contributed by atoms with E-state index in [9.17, 15) is 14.9 Å². The Labute approximate surface area is 177 Å². The van der Waals surface area contributed by atoms with Gasteiger partial charge in [0.25, 0.3) is 5.69 Å². The first-order chi connectivity index (χ1) is 13.3. The number of anilines is 1. The van der Waals surface area contributed by atoms with Gasteiger partial charge >= 0.3 is 0 Å². The van der Waals surface area contributed by atoms with Crippen LogP contribution in [0.5, 0.6) is 0 Å². The Morgan fingerprint density at radius 2 is 2.11 bits per heavy atom. The summed E-state index contributed by atoms with van der Waals surface area (Å²) in [5, 5.41) is 23.0. The number of rotatable bonds is 6. The molecule has 0 fully saturated rings. The zero-order valence-electron chi connectivity index (χ0n) is 14.4. The predicted octanol–water partition coefficient (Wildman–Crippen LogP) is 4.54. The third-order valence-corrected chi connectivity index (χ3v) is 5.92. The molecule has 0 aliphatic heterocycles. The lowest BCUT2D eigenvalue weighted by molar-refractivity contribution is -0.384. The van der Waals surface area contributed by atoms with Gasteiger partial charge in [-0.3, -0.25) is 14.9 Å². The number of halogens is 2. The van der Waals surface area contributed by atoms with Gasteiger partial charge in [0.15, 0.2) is 11.0 Å². The maximum atomic E-state index is 12.2. The molecule has 0 aliphatic rings. The zero-order chi connectivity index (χ0) is 20.3. The van der Waals surface area contributed by atoms with Gasteiger partial charge in [-0.05, 0) is 34.1 Å². The van der Waals surface area contributed by atoms with Crippen LogP contribution in [0.15, 0.2) is 52.1 Å². The summed E-state index contributed by atoms with van der Waals surface area (Å²) in [6.07, 6.45) is 0. The highest BCUT2D eigenvalue weighted by Crippen LogP contribution is 2.27. The average molecular weight is 483 g/mol. The Kier molecular flexibility index (Phi) is 6.32. The number of hydrogen-bond acceptors (Lipinski definition) is 6. The lowest BCUT2D eigenvalue weighted by Crippen LogP contribution is -2.14. The summed E-state index contributed by atoms with van der Waals surface area (Å²) in [5.41, 5.74) is 1.17. The molecule has 0 unspecified atom stereocenters. The van der Waals surface area contributed by atoms with E-state index in [1.165, 1.54) is 23.9 Å². The van der Waals surface area contributed by atoms with Gasteiger partial charge in [-0.2, -0.15) is 0 Å². The number of benzene rings is 2. The normalized spacial score (nSPS) is 10.7. The molecule has 0 bridgehead atoms. The van der Waals surface area contributed by atoms with Crippen molar-refractivity contribution in [3.8, 4) is 11.4 Å². The van der Waals surface area contributed by atoms with Crippen LogP contribution < -0.4 is 5.32 Å². The lowest BCUT2D eigenvalue weighted by Gasteiger charge is -2.07. The van der Waals surface area contributed by atoms with E-state index in [4.69, 9.17) is 11.6 Å². The molecule has 0 aliphatic carbocycles. The highest BCUT2D eigenvalue weighted by atomic mass is 79.9. The number of non-ortho nitro benzene ring substituents is 1. The van der Waals surface area contributed by atoms with Crippen molar-refractivity contribution in [2.45, 2.75) is 5.16 Å². The summed E-state index contributed by atoms with van der Waals surface area (Å²) >= 11 is 10.5.